The summed E-state index contributed by atoms with van der Waals surface area (Å²) in [5, 5.41) is 7.20. The van der Waals surface area contributed by atoms with Crippen molar-refractivity contribution in [1.29, 1.82) is 0 Å². The van der Waals surface area contributed by atoms with Gasteiger partial charge < -0.3 is 14.6 Å². The Morgan fingerprint density at radius 2 is 1.89 bits per heavy atom. The fourth-order valence-electron chi connectivity index (χ4n) is 2.43. The predicted octanol–water partition coefficient (Wildman–Crippen LogP) is 2.83. The van der Waals surface area contributed by atoms with E-state index in [9.17, 15) is 4.79 Å². The average molecular weight is 363 g/mol. The Labute approximate surface area is 157 Å². The summed E-state index contributed by atoms with van der Waals surface area (Å²) in [6, 6.07) is 15.2. The van der Waals surface area contributed by atoms with Gasteiger partial charge in [0.1, 0.15) is 5.75 Å². The molecule has 0 fully saturated rings. The smallest absolute Gasteiger partial charge is 0.259 e. The number of nitrogens with one attached hydrogen (secondary N) is 2. The number of nitrogens with zero attached hydrogens (tertiary/aromatic N) is 3. The summed E-state index contributed by atoms with van der Waals surface area (Å²) in [5.41, 5.74) is 6.07. The fourth-order valence-corrected chi connectivity index (χ4v) is 2.43. The summed E-state index contributed by atoms with van der Waals surface area (Å²) in [4.78, 5) is 16.0. The molecule has 0 radical (unpaired) electrons. The van der Waals surface area contributed by atoms with Crippen LogP contribution < -0.4 is 15.5 Å². The lowest BCUT2D eigenvalue weighted by Gasteiger charge is -2.07. The molecule has 0 unspecified atom stereocenters. The predicted molar refractivity (Wildman–Crippen MR) is 105 cm³/mol. The number of methoxy groups -OCH3 is 1. The molecule has 1 heterocycles. The SMILES string of the molecule is COc1ccc(NCC(=O)N/N=C(\C)c2ccc(-n3ccnc3)cc2)cc1. The van der Waals surface area contributed by atoms with E-state index >= 15 is 0 Å². The molecule has 2 N–H and O–H groups in total. The number of ether oxygens (including phenoxy) is 1. The molecule has 7 nitrogen and oxygen atoms in total. The van der Waals surface area contributed by atoms with Crippen molar-refractivity contribution < 1.29 is 9.53 Å². The normalized spacial score (nSPS) is 11.1. The zero-order chi connectivity index (χ0) is 19.1. The van der Waals surface area contributed by atoms with Gasteiger partial charge in [0.2, 0.25) is 0 Å². The van der Waals surface area contributed by atoms with Crippen LogP contribution in [-0.4, -0.2) is 34.8 Å². The monoisotopic (exact) mass is 363 g/mol. The quantitative estimate of drug-likeness (QED) is 0.500. The van der Waals surface area contributed by atoms with Gasteiger partial charge in [-0.1, -0.05) is 12.1 Å². The minimum absolute atomic E-state index is 0.128. The molecule has 7 heteroatoms. The summed E-state index contributed by atoms with van der Waals surface area (Å²) in [6.07, 6.45) is 5.36. The van der Waals surface area contributed by atoms with Gasteiger partial charge in [-0.2, -0.15) is 5.10 Å². The number of hydrogen-bond donors (Lipinski definition) is 2. The molecule has 0 saturated carbocycles. The Kier molecular flexibility index (Phi) is 5.84. The van der Waals surface area contributed by atoms with Gasteiger partial charge in [-0.25, -0.2) is 10.4 Å². The second-order valence-electron chi connectivity index (χ2n) is 5.83. The maximum absolute atomic E-state index is 12.0. The Morgan fingerprint density at radius 3 is 2.52 bits per heavy atom. The van der Waals surface area contributed by atoms with E-state index < -0.39 is 0 Å². The van der Waals surface area contributed by atoms with Crippen molar-refractivity contribution in [3.8, 4) is 11.4 Å². The average Bonchev–Trinajstić information content (AvgIpc) is 3.26. The first kappa shape index (κ1) is 18.2. The Morgan fingerprint density at radius 1 is 1.15 bits per heavy atom. The van der Waals surface area contributed by atoms with Crippen molar-refractivity contribution in [2.75, 3.05) is 19.0 Å². The topological polar surface area (TPSA) is 80.5 Å². The highest BCUT2D eigenvalue weighted by atomic mass is 16.5. The van der Waals surface area contributed by atoms with Crippen molar-refractivity contribution in [2.24, 2.45) is 5.10 Å². The number of anilines is 1. The Balaban J connectivity index is 1.52. The molecule has 0 saturated heterocycles. The molecule has 27 heavy (non-hydrogen) atoms. The number of hydrazone groups is 1. The van der Waals surface area contributed by atoms with E-state index in [4.69, 9.17) is 4.74 Å². The first-order chi connectivity index (χ1) is 13.2. The van der Waals surface area contributed by atoms with Crippen LogP contribution in [-0.2, 0) is 4.79 Å². The minimum Gasteiger partial charge on any atom is -0.497 e. The number of carbonyl (C=O) groups is 1. The van der Waals surface area contributed by atoms with E-state index in [1.54, 1.807) is 19.6 Å². The Hall–Kier alpha value is -3.61. The van der Waals surface area contributed by atoms with E-state index in [-0.39, 0.29) is 12.5 Å². The van der Waals surface area contributed by atoms with Gasteiger partial charge in [-0.05, 0) is 48.9 Å². The lowest BCUT2D eigenvalue weighted by atomic mass is 10.1. The zero-order valence-electron chi connectivity index (χ0n) is 15.2. The van der Waals surface area contributed by atoms with Gasteiger partial charge in [0, 0.05) is 23.8 Å². The van der Waals surface area contributed by atoms with E-state index in [1.165, 1.54) is 0 Å². The maximum Gasteiger partial charge on any atom is 0.259 e. The molecule has 3 aromatic rings. The van der Waals surface area contributed by atoms with Crippen molar-refractivity contribution >= 4 is 17.3 Å². The minimum atomic E-state index is -0.222. The standard InChI is InChI=1S/C20H21N5O2/c1-15(16-3-7-18(8-4-16)25-12-11-21-14-25)23-24-20(26)13-22-17-5-9-19(27-2)10-6-17/h3-12,14,22H,13H2,1-2H3,(H,24,26)/b23-15+. The van der Waals surface area contributed by atoms with E-state index in [0.29, 0.717) is 0 Å². The van der Waals surface area contributed by atoms with Crippen LogP contribution in [0.15, 0.2) is 72.4 Å². The number of benzene rings is 2. The lowest BCUT2D eigenvalue weighted by molar-refractivity contribution is -0.119. The molecular formula is C20H21N5O2. The highest BCUT2D eigenvalue weighted by Gasteiger charge is 2.03. The molecule has 0 aliphatic heterocycles. The largest absolute Gasteiger partial charge is 0.497 e. The summed E-state index contributed by atoms with van der Waals surface area (Å²) in [5.74, 6) is 0.546. The van der Waals surface area contributed by atoms with Crippen molar-refractivity contribution in [3.63, 3.8) is 0 Å². The molecule has 1 amide bonds. The first-order valence-corrected chi connectivity index (χ1v) is 8.45. The summed E-state index contributed by atoms with van der Waals surface area (Å²) in [7, 11) is 1.61. The van der Waals surface area contributed by atoms with Crippen LogP contribution in [0.3, 0.4) is 0 Å². The van der Waals surface area contributed by atoms with Crippen LogP contribution in [0.5, 0.6) is 5.75 Å². The third kappa shape index (κ3) is 4.94. The molecule has 0 aliphatic rings. The second kappa shape index (κ2) is 8.66. The lowest BCUT2D eigenvalue weighted by Crippen LogP contribution is -2.26. The van der Waals surface area contributed by atoms with Crippen LogP contribution in [0, 0.1) is 0 Å². The molecular weight excluding hydrogens is 342 g/mol. The number of rotatable bonds is 7. The molecule has 138 valence electrons. The zero-order valence-corrected chi connectivity index (χ0v) is 15.2. The van der Waals surface area contributed by atoms with Gasteiger partial charge >= 0.3 is 0 Å². The van der Waals surface area contributed by atoms with Crippen LogP contribution in [0.1, 0.15) is 12.5 Å². The summed E-state index contributed by atoms with van der Waals surface area (Å²) < 4.78 is 7.02. The van der Waals surface area contributed by atoms with Crippen molar-refractivity contribution in [2.45, 2.75) is 6.92 Å². The maximum atomic E-state index is 12.0. The van der Waals surface area contributed by atoms with Crippen molar-refractivity contribution in [3.05, 3.63) is 72.8 Å². The van der Waals surface area contributed by atoms with Gasteiger partial charge in [0.05, 0.1) is 25.7 Å². The molecule has 0 bridgehead atoms. The molecule has 0 spiro atoms. The third-order valence-electron chi connectivity index (χ3n) is 3.98. The molecule has 2 aromatic carbocycles. The van der Waals surface area contributed by atoms with Crippen LogP contribution in [0.4, 0.5) is 5.69 Å². The van der Waals surface area contributed by atoms with Crippen LogP contribution >= 0.6 is 0 Å². The highest BCUT2D eigenvalue weighted by Crippen LogP contribution is 2.14. The van der Waals surface area contributed by atoms with E-state index in [2.05, 4.69) is 20.8 Å². The number of hydrogen-bond acceptors (Lipinski definition) is 5. The molecule has 1 aromatic heterocycles. The fraction of sp³-hybridized carbons (Fsp3) is 0.150. The number of amides is 1. The van der Waals surface area contributed by atoms with Gasteiger partial charge in [0.15, 0.2) is 0 Å². The molecule has 0 aliphatic carbocycles. The van der Waals surface area contributed by atoms with Crippen LogP contribution in [0.25, 0.3) is 5.69 Å². The molecule has 0 atom stereocenters. The number of imidazole rings is 1. The number of carbonyl (C=O) groups excluding carboxylic acids is 1. The highest BCUT2D eigenvalue weighted by molar-refractivity contribution is 5.99. The summed E-state index contributed by atoms with van der Waals surface area (Å²) in [6.45, 7) is 1.98. The van der Waals surface area contributed by atoms with E-state index in [1.807, 2.05) is 66.2 Å². The third-order valence-corrected chi connectivity index (χ3v) is 3.98. The van der Waals surface area contributed by atoms with Gasteiger partial charge in [0.25, 0.3) is 5.91 Å². The Bertz CT molecular complexity index is 901. The molecule has 3 rings (SSSR count). The van der Waals surface area contributed by atoms with Crippen LogP contribution in [0.2, 0.25) is 0 Å². The summed E-state index contributed by atoms with van der Waals surface area (Å²) >= 11 is 0. The van der Waals surface area contributed by atoms with E-state index in [0.717, 1.165) is 28.4 Å². The van der Waals surface area contributed by atoms with Crippen molar-refractivity contribution in [1.82, 2.24) is 15.0 Å². The van der Waals surface area contributed by atoms with Gasteiger partial charge in [-0.3, -0.25) is 4.79 Å². The second-order valence-corrected chi connectivity index (χ2v) is 5.83. The van der Waals surface area contributed by atoms with Gasteiger partial charge in [-0.15, -0.1) is 0 Å². The number of aromatic nitrogens is 2. The first-order valence-electron chi connectivity index (χ1n) is 8.45.